The van der Waals surface area contributed by atoms with Crippen LogP contribution in [0.4, 0.5) is 0 Å². The van der Waals surface area contributed by atoms with Crippen molar-refractivity contribution in [3.05, 3.63) is 59.7 Å². The number of carbonyl (C=O) groups is 2. The Morgan fingerprint density at radius 2 is 1.67 bits per heavy atom. The van der Waals surface area contributed by atoms with Crippen molar-refractivity contribution in [1.29, 1.82) is 0 Å². The minimum atomic E-state index is -0.427. The van der Waals surface area contributed by atoms with Gasteiger partial charge in [0.05, 0.1) is 17.5 Å². The first kappa shape index (κ1) is 27.5. The van der Waals surface area contributed by atoms with Gasteiger partial charge in [0.1, 0.15) is 24.7 Å². The first-order valence-electron chi connectivity index (χ1n) is 14.9. The van der Waals surface area contributed by atoms with Gasteiger partial charge in [-0.05, 0) is 81.8 Å². The zero-order valence-corrected chi connectivity index (χ0v) is 23.2. The van der Waals surface area contributed by atoms with Crippen LogP contribution < -0.4 is 14.8 Å². The van der Waals surface area contributed by atoms with E-state index in [4.69, 9.17) is 9.47 Å². The fraction of sp³-hybridized carbons (Fsp3) is 0.562. The van der Waals surface area contributed by atoms with Crippen molar-refractivity contribution in [3.63, 3.8) is 0 Å². The molecule has 2 aromatic rings. The largest absolute Gasteiger partial charge is 0.491 e. The van der Waals surface area contributed by atoms with Crippen LogP contribution in [0.2, 0.25) is 0 Å². The lowest BCUT2D eigenvalue weighted by atomic mass is 9.73. The molecule has 1 spiro atoms. The minimum absolute atomic E-state index is 0.00200. The van der Waals surface area contributed by atoms with Gasteiger partial charge in [-0.3, -0.25) is 14.5 Å². The quantitative estimate of drug-likeness (QED) is 0.604. The molecule has 0 saturated carbocycles. The van der Waals surface area contributed by atoms with Gasteiger partial charge in [0.2, 0.25) is 5.91 Å². The molecular weight excluding hydrogens is 490 g/mol. The van der Waals surface area contributed by atoms with E-state index >= 15 is 0 Å². The Balaban J connectivity index is 1.18. The van der Waals surface area contributed by atoms with Crippen LogP contribution in [0.3, 0.4) is 0 Å². The Bertz CT molecular complexity index is 1110. The van der Waals surface area contributed by atoms with Crippen molar-refractivity contribution in [2.75, 3.05) is 52.5 Å². The Hall–Kier alpha value is -3.06. The molecule has 210 valence electrons. The molecule has 1 N–H and O–H groups in total. The number of ether oxygens (including phenoxy) is 2. The molecule has 2 aromatic carbocycles. The lowest BCUT2D eigenvalue weighted by Gasteiger charge is -2.41. The van der Waals surface area contributed by atoms with Crippen LogP contribution in [0.1, 0.15) is 67.3 Å². The molecule has 2 amide bonds. The van der Waals surface area contributed by atoms with E-state index in [2.05, 4.69) is 22.3 Å². The molecule has 2 fully saturated rings. The highest BCUT2D eigenvalue weighted by atomic mass is 16.5. The predicted octanol–water partition coefficient (Wildman–Crippen LogP) is 4.70. The van der Waals surface area contributed by atoms with E-state index < -0.39 is 5.41 Å². The molecule has 3 aliphatic rings. The lowest BCUT2D eigenvalue weighted by Crippen LogP contribution is -2.50. The standard InChI is InChI=1S/C32H43N3O4/c36-30(27-12-4-6-14-29(27)39-25-23-34-19-8-9-20-34)35-21-16-32(17-22-35)15-7-1-2-10-26-11-3-5-13-28(26)38-24-18-33-31(32)37/h3-6,11-14H,1-2,7-10,15-25H2,(H,33,37). The first-order chi connectivity index (χ1) is 19.1. The van der Waals surface area contributed by atoms with Crippen molar-refractivity contribution in [2.45, 2.75) is 57.8 Å². The predicted molar refractivity (Wildman–Crippen MR) is 152 cm³/mol. The summed E-state index contributed by atoms with van der Waals surface area (Å²) in [5, 5.41) is 3.15. The monoisotopic (exact) mass is 533 g/mol. The summed E-state index contributed by atoms with van der Waals surface area (Å²) in [5.41, 5.74) is 1.43. The molecule has 3 aliphatic heterocycles. The topological polar surface area (TPSA) is 71.1 Å². The molecular formula is C32H43N3O4. The van der Waals surface area contributed by atoms with Gasteiger partial charge < -0.3 is 19.7 Å². The number of rotatable bonds is 5. The Kier molecular flexibility index (Phi) is 9.40. The average molecular weight is 534 g/mol. The van der Waals surface area contributed by atoms with Gasteiger partial charge in [0.25, 0.3) is 5.91 Å². The number of para-hydroxylation sites is 2. The Labute approximate surface area is 232 Å². The van der Waals surface area contributed by atoms with Gasteiger partial charge in [0, 0.05) is 19.6 Å². The zero-order chi connectivity index (χ0) is 26.9. The number of likely N-dealkylation sites (tertiary alicyclic amines) is 2. The maximum Gasteiger partial charge on any atom is 0.257 e. The molecule has 0 bridgehead atoms. The van der Waals surface area contributed by atoms with E-state index in [1.54, 1.807) is 0 Å². The number of nitrogens with one attached hydrogen (secondary N) is 1. The van der Waals surface area contributed by atoms with E-state index in [0.29, 0.717) is 57.0 Å². The number of benzene rings is 2. The average Bonchev–Trinajstić information content (AvgIpc) is 3.49. The molecule has 0 aromatic heterocycles. The van der Waals surface area contributed by atoms with E-state index in [1.165, 1.54) is 18.4 Å². The smallest absolute Gasteiger partial charge is 0.257 e. The van der Waals surface area contributed by atoms with Crippen LogP contribution in [0.5, 0.6) is 11.5 Å². The summed E-state index contributed by atoms with van der Waals surface area (Å²) in [6, 6.07) is 15.8. The van der Waals surface area contributed by atoms with Crippen LogP contribution in [-0.2, 0) is 11.2 Å². The van der Waals surface area contributed by atoms with Gasteiger partial charge in [-0.2, -0.15) is 0 Å². The van der Waals surface area contributed by atoms with Gasteiger partial charge in [-0.15, -0.1) is 0 Å². The molecule has 7 nitrogen and oxygen atoms in total. The lowest BCUT2D eigenvalue weighted by molar-refractivity contribution is -0.134. The highest BCUT2D eigenvalue weighted by molar-refractivity contribution is 5.97. The minimum Gasteiger partial charge on any atom is -0.491 e. The molecule has 2 saturated heterocycles. The number of aryl methyl sites for hydroxylation is 1. The number of amides is 2. The molecule has 39 heavy (non-hydrogen) atoms. The summed E-state index contributed by atoms with van der Waals surface area (Å²) in [7, 11) is 0. The van der Waals surface area contributed by atoms with Crippen molar-refractivity contribution in [1.82, 2.24) is 15.1 Å². The maximum atomic E-state index is 13.6. The Morgan fingerprint density at radius 3 is 2.51 bits per heavy atom. The summed E-state index contributed by atoms with van der Waals surface area (Å²) >= 11 is 0. The molecule has 7 heteroatoms. The zero-order valence-electron chi connectivity index (χ0n) is 23.2. The third-order valence-corrected chi connectivity index (χ3v) is 8.69. The fourth-order valence-electron chi connectivity index (χ4n) is 6.28. The van der Waals surface area contributed by atoms with Crippen LogP contribution in [-0.4, -0.2) is 74.1 Å². The van der Waals surface area contributed by atoms with E-state index in [9.17, 15) is 9.59 Å². The highest BCUT2D eigenvalue weighted by Crippen LogP contribution is 2.38. The van der Waals surface area contributed by atoms with Gasteiger partial charge >= 0.3 is 0 Å². The summed E-state index contributed by atoms with van der Waals surface area (Å²) in [6.45, 7) is 5.84. The van der Waals surface area contributed by atoms with E-state index in [0.717, 1.165) is 57.5 Å². The maximum absolute atomic E-state index is 13.6. The summed E-state index contributed by atoms with van der Waals surface area (Å²) < 4.78 is 12.1. The normalized spacial score (nSPS) is 20.6. The fourth-order valence-corrected chi connectivity index (χ4v) is 6.28. The third kappa shape index (κ3) is 6.93. The number of hydrogen-bond acceptors (Lipinski definition) is 5. The van der Waals surface area contributed by atoms with Crippen LogP contribution in [0.25, 0.3) is 0 Å². The van der Waals surface area contributed by atoms with Crippen molar-refractivity contribution < 1.29 is 19.1 Å². The van der Waals surface area contributed by atoms with E-state index in [1.807, 2.05) is 41.3 Å². The second-order valence-corrected chi connectivity index (χ2v) is 11.2. The van der Waals surface area contributed by atoms with Crippen molar-refractivity contribution >= 4 is 11.8 Å². The molecule has 0 radical (unpaired) electrons. The SMILES string of the molecule is O=C(c1ccccc1OCCN1CCCC1)N1CCC2(CCCCCc3ccccc3OCCNC2=O)CC1. The van der Waals surface area contributed by atoms with Crippen LogP contribution >= 0.6 is 0 Å². The van der Waals surface area contributed by atoms with Crippen LogP contribution in [0.15, 0.2) is 48.5 Å². The van der Waals surface area contributed by atoms with Gasteiger partial charge in [0.15, 0.2) is 0 Å². The van der Waals surface area contributed by atoms with Gasteiger partial charge in [-0.25, -0.2) is 0 Å². The number of hydrogen-bond donors (Lipinski definition) is 1. The van der Waals surface area contributed by atoms with Gasteiger partial charge in [-0.1, -0.05) is 43.2 Å². The number of nitrogens with zero attached hydrogens (tertiary/aromatic N) is 2. The molecule has 0 atom stereocenters. The van der Waals surface area contributed by atoms with Crippen molar-refractivity contribution in [3.8, 4) is 11.5 Å². The summed E-state index contributed by atoms with van der Waals surface area (Å²) in [6.07, 6.45) is 8.90. The number of fused-ring (bicyclic) bond motifs is 1. The first-order valence-corrected chi connectivity index (χ1v) is 14.9. The molecule has 0 aliphatic carbocycles. The third-order valence-electron chi connectivity index (χ3n) is 8.69. The van der Waals surface area contributed by atoms with E-state index in [-0.39, 0.29) is 11.8 Å². The van der Waals surface area contributed by atoms with Crippen molar-refractivity contribution in [2.24, 2.45) is 5.41 Å². The number of carbonyl (C=O) groups excluding carboxylic acids is 2. The highest BCUT2D eigenvalue weighted by Gasteiger charge is 2.42. The second-order valence-electron chi connectivity index (χ2n) is 11.2. The molecule has 0 unspecified atom stereocenters. The molecule has 5 rings (SSSR count). The Morgan fingerprint density at radius 1 is 0.897 bits per heavy atom. The summed E-state index contributed by atoms with van der Waals surface area (Å²) in [5.74, 6) is 1.69. The number of piperidine rings is 1. The summed E-state index contributed by atoms with van der Waals surface area (Å²) in [4.78, 5) is 31.4. The van der Waals surface area contributed by atoms with Crippen LogP contribution in [0, 0.1) is 5.41 Å². The second kappa shape index (κ2) is 13.3. The molecule has 3 heterocycles.